The van der Waals surface area contributed by atoms with Crippen LogP contribution in [0.4, 0.5) is 0 Å². The van der Waals surface area contributed by atoms with Gasteiger partial charge in [-0.2, -0.15) is 0 Å². The first-order valence-electron chi connectivity index (χ1n) is 1.80. The van der Waals surface area contributed by atoms with Crippen LogP contribution in [0.3, 0.4) is 0 Å². The van der Waals surface area contributed by atoms with Crippen molar-refractivity contribution in [2.24, 2.45) is 5.73 Å². The molecule has 0 aromatic carbocycles. The quantitative estimate of drug-likeness (QED) is 0.293. The van der Waals surface area contributed by atoms with Gasteiger partial charge in [0, 0.05) is 6.08 Å². The van der Waals surface area contributed by atoms with Crippen LogP contribution < -0.4 is 5.73 Å². The molecule has 0 radical (unpaired) electrons. The van der Waals surface area contributed by atoms with E-state index < -0.39 is 5.97 Å². The van der Waals surface area contributed by atoms with Crippen molar-refractivity contribution in [3.05, 3.63) is 12.7 Å². The number of hydrogen-bond donors (Lipinski definition) is 1. The van der Waals surface area contributed by atoms with Gasteiger partial charge in [-0.25, -0.2) is 4.79 Å². The van der Waals surface area contributed by atoms with Crippen molar-refractivity contribution < 1.29 is 9.53 Å². The Morgan fingerprint density at radius 1 is 2.00 bits per heavy atom. The number of carbonyl (C=O) groups excluding carboxylic acids is 1. The number of carbonyl (C=O) groups is 1. The van der Waals surface area contributed by atoms with Crippen LogP contribution in [0.25, 0.3) is 0 Å². The average molecular weight is 101 g/mol. The Bertz CT molecular complexity index is 79.8. The SMILES string of the molecule is C=CC(=O)OCN. The zero-order valence-electron chi connectivity index (χ0n) is 3.89. The monoisotopic (exact) mass is 101 g/mol. The van der Waals surface area contributed by atoms with Crippen LogP contribution in [0.5, 0.6) is 0 Å². The Morgan fingerprint density at radius 2 is 2.57 bits per heavy atom. The summed E-state index contributed by atoms with van der Waals surface area (Å²) in [5, 5.41) is 0. The van der Waals surface area contributed by atoms with Crippen molar-refractivity contribution in [2.75, 3.05) is 6.73 Å². The van der Waals surface area contributed by atoms with Gasteiger partial charge in [-0.3, -0.25) is 5.73 Å². The fraction of sp³-hybridized carbons (Fsp3) is 0.250. The molecule has 0 atom stereocenters. The van der Waals surface area contributed by atoms with E-state index >= 15 is 0 Å². The highest BCUT2D eigenvalue weighted by atomic mass is 16.5. The summed E-state index contributed by atoms with van der Waals surface area (Å²) >= 11 is 0. The van der Waals surface area contributed by atoms with E-state index in [-0.39, 0.29) is 6.73 Å². The number of nitrogens with two attached hydrogens (primary N) is 1. The van der Waals surface area contributed by atoms with Gasteiger partial charge in [0.1, 0.15) is 6.73 Å². The third kappa shape index (κ3) is 2.99. The Balaban J connectivity index is 3.17. The molecule has 0 amide bonds. The van der Waals surface area contributed by atoms with Crippen LogP contribution in [-0.4, -0.2) is 12.7 Å². The zero-order chi connectivity index (χ0) is 5.70. The lowest BCUT2D eigenvalue weighted by molar-refractivity contribution is -0.137. The van der Waals surface area contributed by atoms with Gasteiger partial charge in [0.25, 0.3) is 0 Å². The molecule has 2 N–H and O–H groups in total. The molecule has 0 aliphatic carbocycles. The normalized spacial score (nSPS) is 7.57. The van der Waals surface area contributed by atoms with E-state index in [1.807, 2.05) is 0 Å². The van der Waals surface area contributed by atoms with Gasteiger partial charge in [-0.05, 0) is 0 Å². The van der Waals surface area contributed by atoms with E-state index in [9.17, 15) is 4.79 Å². The molecule has 0 aromatic heterocycles. The van der Waals surface area contributed by atoms with E-state index in [1.54, 1.807) is 0 Å². The molecule has 0 saturated heterocycles. The molecule has 3 nitrogen and oxygen atoms in total. The third-order valence-corrected chi connectivity index (χ3v) is 0.392. The zero-order valence-corrected chi connectivity index (χ0v) is 3.89. The molecule has 0 spiro atoms. The fourth-order valence-electron chi connectivity index (χ4n) is 0.141. The minimum absolute atomic E-state index is 0.0785. The van der Waals surface area contributed by atoms with Crippen LogP contribution in [-0.2, 0) is 9.53 Å². The van der Waals surface area contributed by atoms with Crippen molar-refractivity contribution >= 4 is 5.97 Å². The van der Waals surface area contributed by atoms with Gasteiger partial charge in [0.05, 0.1) is 0 Å². The van der Waals surface area contributed by atoms with E-state index in [2.05, 4.69) is 11.3 Å². The molecule has 0 heterocycles. The second-order valence-corrected chi connectivity index (χ2v) is 0.834. The molecule has 0 saturated carbocycles. The second-order valence-electron chi connectivity index (χ2n) is 0.834. The minimum Gasteiger partial charge on any atom is -0.447 e. The molecular formula is C4H7NO2. The van der Waals surface area contributed by atoms with E-state index in [1.165, 1.54) is 0 Å². The molecule has 0 rings (SSSR count). The van der Waals surface area contributed by atoms with Crippen molar-refractivity contribution in [1.82, 2.24) is 0 Å². The van der Waals surface area contributed by atoms with E-state index in [4.69, 9.17) is 5.73 Å². The van der Waals surface area contributed by atoms with Crippen molar-refractivity contribution in [2.45, 2.75) is 0 Å². The maximum Gasteiger partial charge on any atom is 0.331 e. The molecular weight excluding hydrogens is 94.0 g/mol. The number of rotatable bonds is 2. The number of ether oxygens (including phenoxy) is 1. The minimum atomic E-state index is -0.484. The Kier molecular flexibility index (Phi) is 2.96. The first kappa shape index (κ1) is 6.17. The average Bonchev–Trinajstić information content (AvgIpc) is 1.68. The predicted molar refractivity (Wildman–Crippen MR) is 25.3 cm³/mol. The summed E-state index contributed by atoms with van der Waals surface area (Å²) in [5.41, 5.74) is 4.81. The van der Waals surface area contributed by atoms with Gasteiger partial charge >= 0.3 is 5.97 Å². The van der Waals surface area contributed by atoms with Crippen LogP contribution in [0.2, 0.25) is 0 Å². The summed E-state index contributed by atoms with van der Waals surface area (Å²) in [4.78, 5) is 9.99. The summed E-state index contributed by atoms with van der Waals surface area (Å²) in [6.07, 6.45) is 1.06. The van der Waals surface area contributed by atoms with Crippen molar-refractivity contribution in [3.63, 3.8) is 0 Å². The summed E-state index contributed by atoms with van der Waals surface area (Å²) in [6.45, 7) is 3.07. The summed E-state index contributed by atoms with van der Waals surface area (Å²) < 4.78 is 4.21. The van der Waals surface area contributed by atoms with Crippen LogP contribution >= 0.6 is 0 Å². The lowest BCUT2D eigenvalue weighted by Crippen LogP contribution is -2.08. The fourth-order valence-corrected chi connectivity index (χ4v) is 0.141. The molecule has 0 fully saturated rings. The third-order valence-electron chi connectivity index (χ3n) is 0.392. The lowest BCUT2D eigenvalue weighted by atomic mass is 10.7. The molecule has 3 heteroatoms. The van der Waals surface area contributed by atoms with Gasteiger partial charge < -0.3 is 4.74 Å². The Hall–Kier alpha value is -0.830. The standard InChI is InChI=1S/C4H7NO2/c1-2-4(6)7-3-5/h2H,1,3,5H2. The molecule has 0 bridgehead atoms. The number of hydrogen-bond acceptors (Lipinski definition) is 3. The predicted octanol–water partition coefficient (Wildman–Crippen LogP) is -0.368. The highest BCUT2D eigenvalue weighted by molar-refractivity contribution is 5.81. The molecule has 40 valence electrons. The topological polar surface area (TPSA) is 52.3 Å². The second kappa shape index (κ2) is 3.36. The van der Waals surface area contributed by atoms with Gasteiger partial charge in [0.15, 0.2) is 0 Å². The smallest absolute Gasteiger partial charge is 0.331 e. The van der Waals surface area contributed by atoms with Crippen molar-refractivity contribution in [1.29, 1.82) is 0 Å². The maximum atomic E-state index is 9.99. The first-order chi connectivity index (χ1) is 3.31. The van der Waals surface area contributed by atoms with E-state index in [0.717, 1.165) is 6.08 Å². The Labute approximate surface area is 41.8 Å². The van der Waals surface area contributed by atoms with Gasteiger partial charge in [0.2, 0.25) is 0 Å². The van der Waals surface area contributed by atoms with Crippen LogP contribution in [0.15, 0.2) is 12.7 Å². The molecule has 0 aliphatic heterocycles. The van der Waals surface area contributed by atoms with Gasteiger partial charge in [-0.15, -0.1) is 0 Å². The molecule has 0 aromatic rings. The van der Waals surface area contributed by atoms with Crippen LogP contribution in [0.1, 0.15) is 0 Å². The highest BCUT2D eigenvalue weighted by Gasteiger charge is 1.86. The summed E-state index contributed by atoms with van der Waals surface area (Å²) in [7, 11) is 0. The van der Waals surface area contributed by atoms with Crippen LogP contribution in [0, 0.1) is 0 Å². The largest absolute Gasteiger partial charge is 0.447 e. The number of esters is 1. The summed E-state index contributed by atoms with van der Waals surface area (Å²) in [6, 6.07) is 0. The first-order valence-corrected chi connectivity index (χ1v) is 1.80. The molecule has 0 aliphatic rings. The Morgan fingerprint density at radius 3 is 2.71 bits per heavy atom. The van der Waals surface area contributed by atoms with E-state index in [0.29, 0.717) is 0 Å². The lowest BCUT2D eigenvalue weighted by Gasteiger charge is -1.90. The summed E-state index contributed by atoms with van der Waals surface area (Å²) in [5.74, 6) is -0.484. The molecule has 7 heavy (non-hydrogen) atoms. The van der Waals surface area contributed by atoms with Gasteiger partial charge in [-0.1, -0.05) is 6.58 Å². The molecule has 0 unspecified atom stereocenters. The maximum absolute atomic E-state index is 9.99. The highest BCUT2D eigenvalue weighted by Crippen LogP contribution is 1.70. The van der Waals surface area contributed by atoms with Crippen molar-refractivity contribution in [3.8, 4) is 0 Å².